The molecule has 3 heteroatoms. The zero-order valence-electron chi connectivity index (χ0n) is 5.13. The van der Waals surface area contributed by atoms with Crippen molar-refractivity contribution in [3.05, 3.63) is 34.1 Å². The van der Waals surface area contributed by atoms with Crippen molar-refractivity contribution in [2.75, 3.05) is 5.73 Å². The van der Waals surface area contributed by atoms with Crippen molar-refractivity contribution in [3.63, 3.8) is 0 Å². The highest BCUT2D eigenvalue weighted by Gasteiger charge is 1.96. The van der Waals surface area contributed by atoms with Crippen molar-refractivity contribution in [1.29, 1.82) is 0 Å². The molecule has 0 saturated carbocycles. The molecule has 0 aliphatic heterocycles. The van der Waals surface area contributed by atoms with Crippen LogP contribution < -0.4 is 5.73 Å². The molecule has 0 atom stereocenters. The van der Waals surface area contributed by atoms with Crippen molar-refractivity contribution in [1.82, 2.24) is 0 Å². The third-order valence-electron chi connectivity index (χ3n) is 1.09. The average molecular weight is 197 g/mol. The lowest BCUT2D eigenvalue weighted by Gasteiger charge is -1.94. The van der Waals surface area contributed by atoms with Gasteiger partial charge < -0.3 is 5.73 Å². The van der Waals surface area contributed by atoms with Crippen molar-refractivity contribution in [3.8, 4) is 0 Å². The molecule has 2 nitrogen and oxygen atoms in total. The van der Waals surface area contributed by atoms with Crippen LogP contribution in [-0.4, -0.2) is 0 Å². The molecule has 0 spiro atoms. The van der Waals surface area contributed by atoms with Crippen LogP contribution in [0.2, 0.25) is 0 Å². The van der Waals surface area contributed by atoms with Crippen molar-refractivity contribution in [2.24, 2.45) is 0 Å². The van der Waals surface area contributed by atoms with Gasteiger partial charge in [-0.3, -0.25) is 0 Å². The highest BCUT2D eigenvalue weighted by atomic mass is 79.9. The number of halogens is 1. The second-order valence-corrected chi connectivity index (χ2v) is 2.68. The summed E-state index contributed by atoms with van der Waals surface area (Å²) in [5.41, 5.74) is 6.71. The highest BCUT2D eigenvalue weighted by molar-refractivity contribution is 9.10. The minimum absolute atomic E-state index is 0.592. The van der Waals surface area contributed by atoms with Gasteiger partial charge in [-0.2, -0.15) is 0 Å². The molecule has 0 aliphatic rings. The van der Waals surface area contributed by atoms with Crippen molar-refractivity contribution < 1.29 is 0 Å². The minimum atomic E-state index is 0.592. The fraction of sp³-hybridized carbons (Fsp3) is 0. The molecule has 0 unspecified atom stereocenters. The van der Waals surface area contributed by atoms with E-state index in [0.717, 1.165) is 4.47 Å². The summed E-state index contributed by atoms with van der Waals surface area (Å²) in [6.07, 6.45) is 0. The number of benzene rings is 1. The summed E-state index contributed by atoms with van der Waals surface area (Å²) in [4.78, 5) is 3.26. The summed E-state index contributed by atoms with van der Waals surface area (Å²) in [5, 5.41) is 0. The summed E-state index contributed by atoms with van der Waals surface area (Å²) < 4.78 is 0.752. The van der Waals surface area contributed by atoms with Crippen LogP contribution in [0.4, 0.5) is 11.4 Å². The van der Waals surface area contributed by atoms with Gasteiger partial charge in [0.2, 0.25) is 5.69 Å². The van der Waals surface area contributed by atoms with E-state index in [1.54, 1.807) is 18.2 Å². The Balaban J connectivity index is 3.23. The molecule has 1 rings (SSSR count). The van der Waals surface area contributed by atoms with Gasteiger partial charge in [-0.1, -0.05) is 22.0 Å². The number of anilines is 1. The van der Waals surface area contributed by atoms with E-state index < -0.39 is 0 Å². The van der Waals surface area contributed by atoms with Crippen LogP contribution >= 0.6 is 15.9 Å². The Labute approximate surface area is 67.6 Å². The van der Waals surface area contributed by atoms with E-state index in [4.69, 9.17) is 12.3 Å². The number of nitrogen functional groups attached to an aromatic ring is 1. The number of rotatable bonds is 0. The fourth-order valence-corrected chi connectivity index (χ4v) is 1.10. The van der Waals surface area contributed by atoms with E-state index in [-0.39, 0.29) is 0 Å². The zero-order valence-corrected chi connectivity index (χ0v) is 6.72. The summed E-state index contributed by atoms with van der Waals surface area (Å²) in [7, 11) is 0. The van der Waals surface area contributed by atoms with E-state index in [0.29, 0.717) is 11.4 Å². The first-order valence-corrected chi connectivity index (χ1v) is 3.46. The van der Waals surface area contributed by atoms with E-state index in [1.807, 2.05) is 0 Å². The van der Waals surface area contributed by atoms with Gasteiger partial charge in [-0.05, 0) is 12.1 Å². The molecular formula is C7H5BrN2. The van der Waals surface area contributed by atoms with Gasteiger partial charge in [0.05, 0.1) is 6.57 Å². The molecule has 50 valence electrons. The van der Waals surface area contributed by atoms with Gasteiger partial charge in [0.25, 0.3) is 0 Å². The third-order valence-corrected chi connectivity index (χ3v) is 1.73. The number of hydrogen-bond donors (Lipinski definition) is 1. The van der Waals surface area contributed by atoms with E-state index in [1.165, 1.54) is 0 Å². The van der Waals surface area contributed by atoms with Crippen molar-refractivity contribution >= 4 is 27.3 Å². The largest absolute Gasteiger partial charge is 0.399 e. The SMILES string of the molecule is [C-]#[N+]c1ccc(N)cc1Br. The molecule has 1 aromatic rings. The van der Waals surface area contributed by atoms with Crippen LogP contribution in [0.5, 0.6) is 0 Å². The normalized spacial score (nSPS) is 8.80. The molecule has 10 heavy (non-hydrogen) atoms. The smallest absolute Gasteiger partial charge is 0.201 e. The van der Waals surface area contributed by atoms with Crippen LogP contribution in [0.1, 0.15) is 0 Å². The van der Waals surface area contributed by atoms with Crippen LogP contribution in [0.15, 0.2) is 22.7 Å². The topological polar surface area (TPSA) is 30.4 Å². The average Bonchev–Trinajstić information content (AvgIpc) is 1.88. The molecule has 2 N–H and O–H groups in total. The lowest BCUT2D eigenvalue weighted by molar-refractivity contribution is 1.65. The summed E-state index contributed by atoms with van der Waals surface area (Å²) in [6, 6.07) is 5.11. The van der Waals surface area contributed by atoms with Crippen molar-refractivity contribution in [2.45, 2.75) is 0 Å². The molecule has 0 amide bonds. The number of nitrogens with zero attached hydrogens (tertiary/aromatic N) is 1. The first kappa shape index (κ1) is 7.10. The molecule has 0 heterocycles. The Morgan fingerprint density at radius 1 is 1.50 bits per heavy atom. The maximum atomic E-state index is 6.71. The maximum absolute atomic E-state index is 6.71. The quantitative estimate of drug-likeness (QED) is 0.502. The maximum Gasteiger partial charge on any atom is 0.201 e. The molecule has 0 radical (unpaired) electrons. The Hall–Kier alpha value is -1.01. The predicted molar refractivity (Wildman–Crippen MR) is 44.8 cm³/mol. The Kier molecular flexibility index (Phi) is 1.93. The van der Waals surface area contributed by atoms with Gasteiger partial charge in [0.1, 0.15) is 0 Å². The lowest BCUT2D eigenvalue weighted by atomic mass is 10.3. The first-order valence-electron chi connectivity index (χ1n) is 2.66. The van der Waals surface area contributed by atoms with Crippen LogP contribution in [0, 0.1) is 6.57 Å². The highest BCUT2D eigenvalue weighted by Crippen LogP contribution is 2.26. The predicted octanol–water partition coefficient (Wildman–Crippen LogP) is 2.58. The molecule has 0 fully saturated rings. The van der Waals surface area contributed by atoms with Gasteiger partial charge in [-0.15, -0.1) is 0 Å². The molecular weight excluding hydrogens is 192 g/mol. The third kappa shape index (κ3) is 1.28. The van der Waals surface area contributed by atoms with Gasteiger partial charge in [-0.25, -0.2) is 4.85 Å². The molecule has 1 aromatic carbocycles. The second-order valence-electron chi connectivity index (χ2n) is 1.82. The molecule has 0 aromatic heterocycles. The van der Waals surface area contributed by atoms with Gasteiger partial charge >= 0.3 is 0 Å². The van der Waals surface area contributed by atoms with E-state index in [2.05, 4.69) is 20.8 Å². The summed E-state index contributed by atoms with van der Waals surface area (Å²) in [6.45, 7) is 6.71. The summed E-state index contributed by atoms with van der Waals surface area (Å²) >= 11 is 3.21. The monoisotopic (exact) mass is 196 g/mol. The Morgan fingerprint density at radius 2 is 2.20 bits per heavy atom. The fourth-order valence-electron chi connectivity index (χ4n) is 0.614. The van der Waals surface area contributed by atoms with Crippen LogP contribution in [-0.2, 0) is 0 Å². The Bertz CT molecular complexity index is 288. The first-order chi connectivity index (χ1) is 4.74. The van der Waals surface area contributed by atoms with Crippen LogP contribution in [0.3, 0.4) is 0 Å². The zero-order chi connectivity index (χ0) is 7.56. The number of hydrogen-bond acceptors (Lipinski definition) is 1. The van der Waals surface area contributed by atoms with Gasteiger partial charge in [0.15, 0.2) is 0 Å². The van der Waals surface area contributed by atoms with E-state index >= 15 is 0 Å². The minimum Gasteiger partial charge on any atom is -0.399 e. The van der Waals surface area contributed by atoms with Crippen LogP contribution in [0.25, 0.3) is 4.85 Å². The molecule has 0 saturated heterocycles. The van der Waals surface area contributed by atoms with Gasteiger partial charge in [0, 0.05) is 10.2 Å². The molecule has 0 aliphatic carbocycles. The second kappa shape index (κ2) is 2.72. The standard InChI is InChI=1S/C7H5BrN2/c1-10-7-3-2-5(9)4-6(7)8/h2-4H,9H2. The lowest BCUT2D eigenvalue weighted by Crippen LogP contribution is -1.81. The summed E-state index contributed by atoms with van der Waals surface area (Å²) in [5.74, 6) is 0. The number of nitrogens with two attached hydrogens (primary N) is 1. The van der Waals surface area contributed by atoms with E-state index in [9.17, 15) is 0 Å². The molecule has 0 bridgehead atoms. The Morgan fingerprint density at radius 3 is 2.70 bits per heavy atom.